The zero-order chi connectivity index (χ0) is 23.4. The highest BCUT2D eigenvalue weighted by Crippen LogP contribution is 2.56. The van der Waals surface area contributed by atoms with Crippen molar-refractivity contribution in [2.45, 2.75) is 19.3 Å². The minimum Gasteiger partial charge on any atom is -0.292 e. The van der Waals surface area contributed by atoms with E-state index >= 15 is 0 Å². The molecule has 1 heterocycles. The number of carbonyl (C=O) groups is 4. The standard InChI is InChI=1S/C24H19Cl3N2O4/c25-15-5-3-12(4-6-15)22(31)28(11-19(30)17-8-7-16(26)10-18(17)27)29-23(32)20-13-1-2-14(9-13)21(20)24(29)33/h3-8,10,13-14,20-21H,1-2,9,11H2/t13-,14-,20+,21+/m0/s1. The first-order valence-corrected chi connectivity index (χ1v) is 11.8. The lowest BCUT2D eigenvalue weighted by atomic mass is 9.81. The number of Topliss-reactive ketones (excluding diaryl/α,β-unsaturated/α-hetero) is 1. The Morgan fingerprint density at radius 1 is 0.879 bits per heavy atom. The lowest BCUT2D eigenvalue weighted by Crippen LogP contribution is -2.52. The molecule has 0 unspecified atom stereocenters. The van der Waals surface area contributed by atoms with Crippen LogP contribution in [0.25, 0.3) is 0 Å². The van der Waals surface area contributed by atoms with E-state index in [1.165, 1.54) is 42.5 Å². The number of hydrogen-bond donors (Lipinski definition) is 0. The number of carbonyl (C=O) groups excluding carboxylic acids is 4. The average Bonchev–Trinajstić information content (AvgIpc) is 3.46. The summed E-state index contributed by atoms with van der Waals surface area (Å²) in [7, 11) is 0. The topological polar surface area (TPSA) is 74.8 Å². The number of amides is 3. The third-order valence-electron chi connectivity index (χ3n) is 7.00. The minimum atomic E-state index is -0.640. The second-order valence-electron chi connectivity index (χ2n) is 8.79. The molecule has 0 N–H and O–H groups in total. The summed E-state index contributed by atoms with van der Waals surface area (Å²) < 4.78 is 0. The molecule has 1 aliphatic heterocycles. The van der Waals surface area contributed by atoms with Crippen molar-refractivity contribution in [3.63, 3.8) is 0 Å². The summed E-state index contributed by atoms with van der Waals surface area (Å²) in [5.41, 5.74) is 0.351. The fourth-order valence-corrected chi connectivity index (χ4v) is 6.18. The Kier molecular flexibility index (Phi) is 5.71. The van der Waals surface area contributed by atoms with E-state index in [0.29, 0.717) is 10.0 Å². The fraction of sp³-hybridized carbons (Fsp3) is 0.333. The fourth-order valence-electron chi connectivity index (χ4n) is 5.54. The van der Waals surface area contributed by atoms with E-state index < -0.39 is 41.9 Å². The van der Waals surface area contributed by atoms with Gasteiger partial charge in [0.05, 0.1) is 16.9 Å². The maximum absolute atomic E-state index is 13.5. The molecule has 9 heteroatoms. The van der Waals surface area contributed by atoms with Gasteiger partial charge in [0.25, 0.3) is 17.7 Å². The van der Waals surface area contributed by atoms with Crippen molar-refractivity contribution in [3.05, 3.63) is 68.7 Å². The molecule has 2 aromatic rings. The highest BCUT2D eigenvalue weighted by Gasteiger charge is 2.62. The van der Waals surface area contributed by atoms with Crippen molar-refractivity contribution in [1.29, 1.82) is 0 Å². The number of imide groups is 1. The maximum Gasteiger partial charge on any atom is 0.273 e. The quantitative estimate of drug-likeness (QED) is 0.427. The number of nitrogens with zero attached hydrogens (tertiary/aromatic N) is 2. The van der Waals surface area contributed by atoms with Gasteiger partial charge in [0.1, 0.15) is 6.54 Å². The highest BCUT2D eigenvalue weighted by molar-refractivity contribution is 6.37. The largest absolute Gasteiger partial charge is 0.292 e. The second-order valence-corrected chi connectivity index (χ2v) is 10.1. The number of halogens is 3. The molecule has 2 aromatic carbocycles. The summed E-state index contributed by atoms with van der Waals surface area (Å²) in [5, 5.41) is 2.78. The molecule has 5 rings (SSSR count). The van der Waals surface area contributed by atoms with Gasteiger partial charge in [0.15, 0.2) is 5.78 Å². The van der Waals surface area contributed by atoms with Crippen LogP contribution in [0.1, 0.15) is 40.0 Å². The first-order chi connectivity index (χ1) is 15.8. The van der Waals surface area contributed by atoms with Gasteiger partial charge in [-0.05, 0) is 73.6 Å². The predicted molar refractivity (Wildman–Crippen MR) is 123 cm³/mol. The van der Waals surface area contributed by atoms with Gasteiger partial charge >= 0.3 is 0 Å². The molecular formula is C24H19Cl3N2O4. The van der Waals surface area contributed by atoms with Gasteiger partial charge in [-0.15, -0.1) is 0 Å². The van der Waals surface area contributed by atoms with Crippen molar-refractivity contribution >= 4 is 58.3 Å². The van der Waals surface area contributed by atoms with Gasteiger partial charge < -0.3 is 0 Å². The summed E-state index contributed by atoms with van der Waals surface area (Å²) in [4.78, 5) is 53.4. The predicted octanol–water partition coefficient (Wildman–Crippen LogP) is 4.92. The Labute approximate surface area is 205 Å². The minimum absolute atomic E-state index is 0.125. The Bertz CT molecular complexity index is 1150. The van der Waals surface area contributed by atoms with Crippen LogP contribution >= 0.6 is 34.8 Å². The Morgan fingerprint density at radius 2 is 1.45 bits per heavy atom. The zero-order valence-electron chi connectivity index (χ0n) is 17.3. The van der Waals surface area contributed by atoms with E-state index in [4.69, 9.17) is 34.8 Å². The summed E-state index contributed by atoms with van der Waals surface area (Å²) in [6, 6.07) is 10.5. The van der Waals surface area contributed by atoms with Gasteiger partial charge in [-0.25, -0.2) is 5.01 Å². The van der Waals surface area contributed by atoms with Gasteiger partial charge in [0, 0.05) is 21.2 Å². The summed E-state index contributed by atoms with van der Waals surface area (Å²) in [6.07, 6.45) is 2.68. The first-order valence-electron chi connectivity index (χ1n) is 10.7. The molecule has 3 aliphatic rings. The molecule has 170 valence electrons. The molecule has 2 bridgehead atoms. The molecule has 6 nitrogen and oxygen atoms in total. The molecule has 3 amide bonds. The smallest absolute Gasteiger partial charge is 0.273 e. The van der Waals surface area contributed by atoms with E-state index in [9.17, 15) is 19.2 Å². The Hall–Kier alpha value is -2.41. The van der Waals surface area contributed by atoms with Crippen LogP contribution in [-0.4, -0.2) is 40.1 Å². The van der Waals surface area contributed by atoms with Crippen LogP contribution in [0, 0.1) is 23.7 Å². The number of hydrogen-bond acceptors (Lipinski definition) is 4. The van der Waals surface area contributed by atoms with Crippen LogP contribution in [0.2, 0.25) is 15.1 Å². The van der Waals surface area contributed by atoms with Crippen LogP contribution in [0.15, 0.2) is 42.5 Å². The molecule has 0 spiro atoms. The van der Waals surface area contributed by atoms with E-state index in [-0.39, 0.29) is 28.0 Å². The Balaban J connectivity index is 1.51. The van der Waals surface area contributed by atoms with Crippen LogP contribution in [-0.2, 0) is 9.59 Å². The first kappa shape index (κ1) is 22.4. The highest BCUT2D eigenvalue weighted by atomic mass is 35.5. The molecular weight excluding hydrogens is 487 g/mol. The molecule has 3 fully saturated rings. The van der Waals surface area contributed by atoms with Gasteiger partial charge in [-0.3, -0.25) is 19.2 Å². The SMILES string of the molecule is O=C(CN(C(=O)c1ccc(Cl)cc1)N1C(=O)[C@@H]2[C@H]3CC[C@@H](C3)[C@H]2C1=O)c1ccc(Cl)cc1Cl. The summed E-state index contributed by atoms with van der Waals surface area (Å²) in [5.74, 6) is -2.52. The van der Waals surface area contributed by atoms with Crippen molar-refractivity contribution in [1.82, 2.24) is 10.0 Å². The monoisotopic (exact) mass is 504 g/mol. The maximum atomic E-state index is 13.5. The molecule has 2 saturated carbocycles. The second kappa shape index (κ2) is 8.42. The van der Waals surface area contributed by atoms with Gasteiger partial charge in [-0.1, -0.05) is 34.8 Å². The molecule has 4 atom stereocenters. The molecule has 2 aliphatic carbocycles. The number of hydrazine groups is 1. The normalized spacial score (nSPS) is 25.5. The van der Waals surface area contributed by atoms with Crippen LogP contribution in [0.4, 0.5) is 0 Å². The lowest BCUT2D eigenvalue weighted by Gasteiger charge is -2.31. The lowest BCUT2D eigenvalue weighted by molar-refractivity contribution is -0.154. The van der Waals surface area contributed by atoms with Crippen molar-refractivity contribution in [3.8, 4) is 0 Å². The van der Waals surface area contributed by atoms with Gasteiger partial charge in [-0.2, -0.15) is 5.01 Å². The summed E-state index contributed by atoms with van der Waals surface area (Å²) in [6.45, 7) is -0.519. The molecule has 0 radical (unpaired) electrons. The molecule has 0 aromatic heterocycles. The van der Waals surface area contributed by atoms with E-state index in [2.05, 4.69) is 0 Å². The van der Waals surface area contributed by atoms with Crippen molar-refractivity contribution in [2.75, 3.05) is 6.54 Å². The third-order valence-corrected chi connectivity index (χ3v) is 7.80. The van der Waals surface area contributed by atoms with Crippen molar-refractivity contribution in [2.24, 2.45) is 23.7 Å². The van der Waals surface area contributed by atoms with E-state index in [1.807, 2.05) is 0 Å². The van der Waals surface area contributed by atoms with E-state index in [0.717, 1.165) is 29.3 Å². The van der Waals surface area contributed by atoms with Gasteiger partial charge in [0.2, 0.25) is 0 Å². The number of rotatable bonds is 5. The van der Waals surface area contributed by atoms with Crippen molar-refractivity contribution < 1.29 is 19.2 Å². The zero-order valence-corrected chi connectivity index (χ0v) is 19.6. The van der Waals surface area contributed by atoms with Crippen LogP contribution in [0.3, 0.4) is 0 Å². The molecule has 33 heavy (non-hydrogen) atoms. The number of benzene rings is 2. The average molecular weight is 506 g/mol. The molecule has 1 saturated heterocycles. The third kappa shape index (κ3) is 3.74. The number of fused-ring (bicyclic) bond motifs is 5. The number of ketones is 1. The Morgan fingerprint density at radius 3 is 2.03 bits per heavy atom. The van der Waals surface area contributed by atoms with Crippen LogP contribution < -0.4 is 0 Å². The van der Waals surface area contributed by atoms with E-state index in [1.54, 1.807) is 0 Å². The van der Waals surface area contributed by atoms with Crippen LogP contribution in [0.5, 0.6) is 0 Å². The summed E-state index contributed by atoms with van der Waals surface area (Å²) >= 11 is 18.1.